The number of fused-ring (bicyclic) bond motifs is 2. The number of nitrogens with zero attached hydrogens (tertiary/aromatic N) is 10. The van der Waals surface area contributed by atoms with E-state index < -0.39 is 155 Å². The van der Waals surface area contributed by atoms with Gasteiger partial charge in [-0.05, 0) is 255 Å². The number of unbranched alkanes of at least 4 members (excludes halogenated alkanes) is 2. The van der Waals surface area contributed by atoms with Crippen molar-refractivity contribution in [2.75, 3.05) is 83.9 Å². The molecule has 138 heavy (non-hydrogen) atoms. The number of ether oxygens (including phenoxy) is 11. The first kappa shape index (κ1) is 113. The molecule has 0 saturated carbocycles. The van der Waals surface area contributed by atoms with E-state index in [9.17, 15) is 56.4 Å². The van der Waals surface area contributed by atoms with Gasteiger partial charge in [0.2, 0.25) is 0 Å². The second-order valence-electron chi connectivity index (χ2n) is 40.4. The first-order valence-corrected chi connectivity index (χ1v) is 50.1. The van der Waals surface area contributed by atoms with Gasteiger partial charge in [-0.15, -0.1) is 10.2 Å². The summed E-state index contributed by atoms with van der Waals surface area (Å²) in [5.41, 5.74) is 5.02. The molecule has 40 heteroatoms. The number of esters is 2. The SMILES string of the molecule is CC[C@H]1OC(=O)[C@H](C)C(=O)[C@H](C)[C@@H](O[C@@H]2O[C@H](C)CC(N3CCCC3)C2O)[C@](C)(OC)C[C@@H](C)CN[C@H](C)[C@H]2N(CCCCn3cc(-c4cccc(N)c4)nn3)C(=O)O[C@]12C.CC[C@H]1OC(=O)[C@H](C)C(=O)[C@H](C)[C@@H](O[C@@H]2O[C@H](C)CC(N3CCCC3)C2O)[C@](C)(OC)C[C@@H](C)CN[C@H](C)[C@H]2N(CCCCn3cc(-c4cccc(NC(=O)OC(C)(C)C)c4)nn3)C(=O)O[C@]12C.CSF.OOC=C(F)F. The fraction of sp³-hybridized carbons (Fsp3) is 0.745. The molecule has 26 atom stereocenters. The summed E-state index contributed by atoms with van der Waals surface area (Å²) in [6.45, 7) is 42.0. The molecule has 2 aromatic heterocycles. The molecule has 8 N–H and O–H groups in total. The highest BCUT2D eigenvalue weighted by Gasteiger charge is 2.62. The smallest absolute Gasteiger partial charge is 0.412 e. The number of likely N-dealkylation sites (tertiary alicyclic amines) is 2. The molecule has 0 spiro atoms. The number of aromatic nitrogens is 6. The maximum absolute atomic E-state index is 14.5. The van der Waals surface area contributed by atoms with Gasteiger partial charge >= 0.3 is 36.3 Å². The number of hydrogen-bond acceptors (Lipinski definition) is 32. The normalized spacial score (nSPS) is 34.0. The molecule has 0 aliphatic carbocycles. The fourth-order valence-corrected chi connectivity index (χ4v) is 21.3. The Labute approximate surface area is 815 Å². The number of nitrogen functional groups attached to an aromatic ring is 1. The summed E-state index contributed by atoms with van der Waals surface area (Å²) < 4.78 is 104. The Morgan fingerprint density at radius 1 is 0.616 bits per heavy atom. The number of aryl methyl sites for hydroxylation is 2. The zero-order valence-electron chi connectivity index (χ0n) is 84.7. The van der Waals surface area contributed by atoms with Gasteiger partial charge in [-0.3, -0.25) is 53.5 Å². The molecule has 2 aromatic carbocycles. The highest BCUT2D eigenvalue weighted by atomic mass is 32.2. The van der Waals surface area contributed by atoms with E-state index in [-0.39, 0.29) is 72.4 Å². The van der Waals surface area contributed by atoms with Gasteiger partial charge in [0.15, 0.2) is 41.6 Å². The predicted molar refractivity (Wildman–Crippen MR) is 512 cm³/mol. The van der Waals surface area contributed by atoms with Gasteiger partial charge < -0.3 is 83.6 Å². The van der Waals surface area contributed by atoms with E-state index in [1.54, 1.807) is 87.9 Å². The van der Waals surface area contributed by atoms with Crippen molar-refractivity contribution in [1.29, 1.82) is 0 Å². The van der Waals surface area contributed by atoms with E-state index in [4.69, 9.17) is 63.1 Å². The first-order chi connectivity index (χ1) is 65.2. The summed E-state index contributed by atoms with van der Waals surface area (Å²) in [6.07, 6.45) is 3.54. The summed E-state index contributed by atoms with van der Waals surface area (Å²) in [5, 5.41) is 58.2. The van der Waals surface area contributed by atoms with Crippen LogP contribution in [0.15, 0.2) is 73.3 Å². The van der Waals surface area contributed by atoms with Crippen LogP contribution in [-0.2, 0) is 89.3 Å². The van der Waals surface area contributed by atoms with Crippen molar-refractivity contribution in [3.63, 3.8) is 0 Å². The molecule has 0 radical (unpaired) electrons. The van der Waals surface area contributed by atoms with Gasteiger partial charge in [0.1, 0.15) is 53.2 Å². The number of ketones is 2. The lowest BCUT2D eigenvalue weighted by atomic mass is 9.78. The van der Waals surface area contributed by atoms with Crippen LogP contribution in [0.3, 0.4) is 0 Å². The lowest BCUT2D eigenvalue weighted by Gasteiger charge is -2.47. The van der Waals surface area contributed by atoms with Crippen LogP contribution < -0.4 is 21.7 Å². The van der Waals surface area contributed by atoms with Crippen LogP contribution in [0.2, 0.25) is 0 Å². The van der Waals surface area contributed by atoms with Gasteiger partial charge in [0.25, 0.3) is 0 Å². The number of rotatable bonds is 24. The minimum Gasteiger partial charge on any atom is -0.458 e. The first-order valence-electron chi connectivity index (χ1n) is 49.0. The third-order valence-corrected chi connectivity index (χ3v) is 28.3. The van der Waals surface area contributed by atoms with E-state index in [1.165, 1.54) is 6.26 Å². The van der Waals surface area contributed by atoms with Crippen LogP contribution in [0.4, 0.5) is 38.4 Å². The van der Waals surface area contributed by atoms with Gasteiger partial charge in [0, 0.05) is 117 Å². The number of carbonyl (C=O) groups is 7. The van der Waals surface area contributed by atoms with E-state index >= 15 is 0 Å². The summed E-state index contributed by atoms with van der Waals surface area (Å²) in [4.78, 5) is 108. The second kappa shape index (κ2) is 51.1. The number of hydrogen-bond donors (Lipinski definition) is 7. The number of carbonyl (C=O) groups excluding carboxylic acids is 7. The molecule has 8 aliphatic rings. The Kier molecular flexibility index (Phi) is 42.0. The number of aliphatic hydroxyl groups excluding tert-OH is 2. The standard InChI is InChI=1S/C50H79N7O11.C45H71N7O9.C2H2F2O2.CH3FS/c1-13-39-50(11)42(57(47(62)68-50)24-17-16-23-56-29-37(53-54-56)35-19-18-20-36(26-35)52-46(61)67-48(7,8)9)34(6)51-28-30(2)27-49(10,63-12)43(32(4)40(58)33(5)44(60)65-39)66-45-41(59)38(25-31(3)64-45)55-21-14-15-22-55;1-10-36-45(8)39(52(43(56)61-45)21-14-13-20-51-26-34(48-49-51)32-16-15-17-33(46)23-32)31(6)47-25-27(2)24-44(7,57-9)40(29(4)37(53)30(5)41(55)59-36)60-42-38(54)35(22-28(3)58-42)50-18-11-12-19-50;3-2(4)1-6-5;1-3-2/h18-20,26,29-34,38-39,41-43,45,51,59H,13-17,21-25,27-28H2,1-12H3,(H,52,61);15-17,23,26-31,35-36,38-40,42,47,54H,10-14,18-22,24-25,46H2,1-9H3;1,5H;1H3/t30-,31-,32+,33-,34-,38?,39-,41?,42-,43-,45+,49-,50-;27-,28-,29+,30-,31-,35?,36-,38?,39-,40-,42+,44-,45-;;/m11../s1. The average Bonchev–Trinajstić information content (AvgIpc) is 1.56. The van der Waals surface area contributed by atoms with E-state index in [1.807, 2.05) is 124 Å². The zero-order valence-corrected chi connectivity index (χ0v) is 85.5. The number of cyclic esters (lactones) is 2. The van der Waals surface area contributed by atoms with Crippen LogP contribution in [-0.4, -0.2) is 305 Å². The second-order valence-corrected chi connectivity index (χ2v) is 40.7. The lowest BCUT2D eigenvalue weighted by molar-refractivity contribution is -0.296. The molecule has 8 aliphatic heterocycles. The average molecular weight is 1970 g/mol. The van der Waals surface area contributed by atoms with E-state index in [2.05, 4.69) is 65.1 Å². The predicted octanol–water partition coefficient (Wildman–Crippen LogP) is 13.8. The van der Waals surface area contributed by atoms with Crippen LogP contribution >= 0.6 is 12.1 Å². The molecule has 4 unspecified atom stereocenters. The maximum Gasteiger partial charge on any atom is 0.412 e. The van der Waals surface area contributed by atoms with Gasteiger partial charge in [-0.2, -0.15) is 12.7 Å². The van der Waals surface area contributed by atoms with E-state index in [0.717, 1.165) is 75.1 Å². The number of nitrogens with two attached hydrogens (primary N) is 1. The van der Waals surface area contributed by atoms with Crippen LogP contribution in [0.25, 0.3) is 22.5 Å². The summed E-state index contributed by atoms with van der Waals surface area (Å²) in [5.74, 6) is -6.31. The van der Waals surface area contributed by atoms with Crippen molar-refractivity contribution >= 4 is 65.3 Å². The zero-order chi connectivity index (χ0) is 102. The Morgan fingerprint density at radius 2 is 1.01 bits per heavy atom. The molecular formula is C98H155F3N14O22S. The lowest BCUT2D eigenvalue weighted by Crippen LogP contribution is -2.61. The quantitative estimate of drug-likeness (QED) is 0.00501. The van der Waals surface area contributed by atoms with Crippen LogP contribution in [0.5, 0.6) is 0 Å². The number of anilines is 2. The molecule has 12 rings (SSSR count). The number of aliphatic hydroxyl groups is 2. The Bertz CT molecular complexity index is 4600. The largest absolute Gasteiger partial charge is 0.458 e. The summed E-state index contributed by atoms with van der Waals surface area (Å²) in [7, 11) is 3.20. The molecule has 8 saturated heterocycles. The highest BCUT2D eigenvalue weighted by molar-refractivity contribution is 7.93. The molecule has 10 heterocycles. The van der Waals surface area contributed by atoms with Gasteiger partial charge in [-0.25, -0.2) is 19.6 Å². The van der Waals surface area contributed by atoms with Gasteiger partial charge in [0.05, 0.1) is 60.1 Å². The molecule has 776 valence electrons. The number of Topliss-reactive ketones (excluding diaryl/α,β-unsaturated/α-hetero) is 2. The monoisotopic (exact) mass is 1970 g/mol. The topological polar surface area (TPSA) is 427 Å². The molecular weight excluding hydrogens is 1810 g/mol. The summed E-state index contributed by atoms with van der Waals surface area (Å²) in [6, 6.07) is 12.8. The van der Waals surface area contributed by atoms with Crippen molar-refractivity contribution in [2.24, 2.45) is 35.5 Å². The third-order valence-electron chi connectivity index (χ3n) is 28.3. The molecule has 4 aromatic rings. The molecule has 0 bridgehead atoms. The van der Waals surface area contributed by atoms with Crippen LogP contribution in [0, 0.1) is 35.5 Å². The molecule has 36 nitrogen and oxygen atoms in total. The number of halogens is 3. The number of nitrogens with one attached hydrogen (secondary N) is 3. The molecule has 8 fully saturated rings. The Balaban J connectivity index is 0.000000285. The van der Waals surface area contributed by atoms with Crippen LogP contribution in [0.1, 0.15) is 221 Å². The molecule has 3 amide bonds. The maximum atomic E-state index is 14.5. The van der Waals surface area contributed by atoms with Gasteiger partial charge in [-0.1, -0.05) is 76.2 Å². The van der Waals surface area contributed by atoms with E-state index in [0.29, 0.717) is 114 Å². The summed E-state index contributed by atoms with van der Waals surface area (Å²) >= 11 is 0.250. The Hall–Kier alpha value is -8.23. The van der Waals surface area contributed by atoms with Crippen molar-refractivity contribution in [1.82, 2.24) is 60.2 Å². The van der Waals surface area contributed by atoms with Crippen molar-refractivity contribution < 1.29 is 119 Å². The third kappa shape index (κ3) is 29.1. The Morgan fingerprint density at radius 3 is 1.37 bits per heavy atom. The minimum absolute atomic E-state index is 0.00527. The van der Waals surface area contributed by atoms with Crippen molar-refractivity contribution in [2.45, 2.75) is 360 Å². The number of amides is 3. The number of methoxy groups -OCH3 is 2. The highest BCUT2D eigenvalue weighted by Crippen LogP contribution is 2.45. The van der Waals surface area contributed by atoms with Crippen molar-refractivity contribution in [3.8, 4) is 22.5 Å². The minimum atomic E-state index is -2.06. The number of benzene rings is 2. The fourth-order valence-electron chi connectivity index (χ4n) is 21.3. The van der Waals surface area contributed by atoms with Crippen molar-refractivity contribution in [3.05, 3.63) is 73.3 Å².